The van der Waals surface area contributed by atoms with E-state index in [0.29, 0.717) is 30.5 Å². The Bertz CT molecular complexity index is 1330. The van der Waals surface area contributed by atoms with Crippen molar-refractivity contribution >= 4 is 40.0 Å². The normalized spacial score (nSPS) is 13.5. The number of aromatic nitrogens is 4. The summed E-state index contributed by atoms with van der Waals surface area (Å²) >= 11 is 0. The van der Waals surface area contributed by atoms with E-state index in [4.69, 9.17) is 9.72 Å². The lowest BCUT2D eigenvalue weighted by molar-refractivity contribution is -0.111. The SMILES string of the molecule is C=CC(=O)Nc1ccnc(-c2cccc3cnc(Nc4ccc(N5CCOCC5)nc4)nc23)c1. The van der Waals surface area contributed by atoms with E-state index >= 15 is 0 Å². The lowest BCUT2D eigenvalue weighted by Crippen LogP contribution is -2.36. The predicted molar refractivity (Wildman–Crippen MR) is 132 cm³/mol. The quantitative estimate of drug-likeness (QED) is 0.425. The molecule has 9 heteroatoms. The molecule has 0 bridgehead atoms. The van der Waals surface area contributed by atoms with Crippen molar-refractivity contribution in [1.29, 1.82) is 0 Å². The van der Waals surface area contributed by atoms with Gasteiger partial charge in [0.15, 0.2) is 0 Å². The van der Waals surface area contributed by atoms with E-state index in [1.165, 1.54) is 6.08 Å². The first kappa shape index (κ1) is 21.5. The molecule has 4 aromatic rings. The average molecular weight is 454 g/mol. The molecular weight excluding hydrogens is 430 g/mol. The van der Waals surface area contributed by atoms with Crippen LogP contribution in [0, 0.1) is 0 Å². The third-order valence-electron chi connectivity index (χ3n) is 5.44. The second-order valence-corrected chi connectivity index (χ2v) is 7.69. The minimum atomic E-state index is -0.280. The van der Waals surface area contributed by atoms with Gasteiger partial charge in [0.05, 0.1) is 36.3 Å². The number of rotatable bonds is 6. The average Bonchev–Trinajstić information content (AvgIpc) is 2.89. The predicted octanol–water partition coefficient (Wildman–Crippen LogP) is 3.79. The van der Waals surface area contributed by atoms with Crippen LogP contribution < -0.4 is 15.5 Å². The van der Waals surface area contributed by atoms with Gasteiger partial charge in [-0.15, -0.1) is 0 Å². The summed E-state index contributed by atoms with van der Waals surface area (Å²) in [5.41, 5.74) is 3.69. The third-order valence-corrected chi connectivity index (χ3v) is 5.44. The maximum absolute atomic E-state index is 11.7. The molecule has 0 atom stereocenters. The summed E-state index contributed by atoms with van der Waals surface area (Å²) in [6.07, 6.45) is 6.42. The number of nitrogens with one attached hydrogen (secondary N) is 2. The number of morpholine rings is 1. The number of para-hydroxylation sites is 1. The maximum atomic E-state index is 11.7. The first-order valence-electron chi connectivity index (χ1n) is 10.9. The zero-order valence-corrected chi connectivity index (χ0v) is 18.4. The van der Waals surface area contributed by atoms with Crippen molar-refractivity contribution in [3.8, 4) is 11.3 Å². The summed E-state index contributed by atoms with van der Waals surface area (Å²) in [5.74, 6) is 1.10. The van der Waals surface area contributed by atoms with Crippen molar-refractivity contribution in [2.45, 2.75) is 0 Å². The van der Waals surface area contributed by atoms with Gasteiger partial charge >= 0.3 is 0 Å². The van der Waals surface area contributed by atoms with Crippen LogP contribution in [0.5, 0.6) is 0 Å². The minimum absolute atomic E-state index is 0.280. The number of carbonyl (C=O) groups is 1. The minimum Gasteiger partial charge on any atom is -0.378 e. The van der Waals surface area contributed by atoms with E-state index in [-0.39, 0.29) is 5.91 Å². The molecule has 3 aromatic heterocycles. The second kappa shape index (κ2) is 9.63. The lowest BCUT2D eigenvalue weighted by atomic mass is 10.1. The molecule has 1 aliphatic heterocycles. The number of hydrogen-bond donors (Lipinski definition) is 2. The van der Waals surface area contributed by atoms with Crippen LogP contribution in [0.3, 0.4) is 0 Å². The van der Waals surface area contributed by atoms with E-state index in [1.54, 1.807) is 30.7 Å². The number of nitrogens with zero attached hydrogens (tertiary/aromatic N) is 5. The molecule has 0 aliphatic carbocycles. The Kier molecular flexibility index (Phi) is 6.09. The number of amides is 1. The van der Waals surface area contributed by atoms with Crippen LogP contribution in [0.15, 0.2) is 73.7 Å². The Balaban J connectivity index is 1.41. The zero-order valence-electron chi connectivity index (χ0n) is 18.4. The van der Waals surface area contributed by atoms with Gasteiger partial charge in [-0.1, -0.05) is 24.8 Å². The van der Waals surface area contributed by atoms with Crippen molar-refractivity contribution in [2.24, 2.45) is 0 Å². The van der Waals surface area contributed by atoms with Gasteiger partial charge in [-0.3, -0.25) is 9.78 Å². The second-order valence-electron chi connectivity index (χ2n) is 7.69. The molecule has 2 N–H and O–H groups in total. The number of ether oxygens (including phenoxy) is 1. The molecule has 1 saturated heterocycles. The van der Waals surface area contributed by atoms with E-state index in [2.05, 4.69) is 37.1 Å². The van der Waals surface area contributed by atoms with E-state index in [0.717, 1.165) is 41.1 Å². The van der Waals surface area contributed by atoms with Crippen molar-refractivity contribution in [3.63, 3.8) is 0 Å². The molecule has 1 amide bonds. The summed E-state index contributed by atoms with van der Waals surface area (Å²) < 4.78 is 5.40. The number of carbonyl (C=O) groups excluding carboxylic acids is 1. The summed E-state index contributed by atoms with van der Waals surface area (Å²) in [6.45, 7) is 6.59. The molecule has 1 fully saturated rings. The number of anilines is 4. The number of hydrogen-bond acceptors (Lipinski definition) is 8. The molecular formula is C25H23N7O2. The fourth-order valence-electron chi connectivity index (χ4n) is 3.74. The van der Waals surface area contributed by atoms with Gasteiger partial charge in [-0.05, 0) is 30.3 Å². The van der Waals surface area contributed by atoms with Crippen LogP contribution in [-0.2, 0) is 9.53 Å². The van der Waals surface area contributed by atoms with E-state index < -0.39 is 0 Å². The highest BCUT2D eigenvalue weighted by Crippen LogP contribution is 2.28. The first-order valence-corrected chi connectivity index (χ1v) is 10.9. The van der Waals surface area contributed by atoms with Crippen LogP contribution in [0.2, 0.25) is 0 Å². The van der Waals surface area contributed by atoms with Crippen LogP contribution in [0.1, 0.15) is 0 Å². The molecule has 170 valence electrons. The highest BCUT2D eigenvalue weighted by molar-refractivity contribution is 5.99. The van der Waals surface area contributed by atoms with E-state index in [1.807, 2.05) is 30.3 Å². The molecule has 9 nitrogen and oxygen atoms in total. The molecule has 4 heterocycles. The van der Waals surface area contributed by atoms with Crippen molar-refractivity contribution in [3.05, 3.63) is 73.7 Å². The number of benzene rings is 1. The van der Waals surface area contributed by atoms with Crippen molar-refractivity contribution in [2.75, 3.05) is 41.8 Å². The molecule has 1 aliphatic rings. The fourth-order valence-corrected chi connectivity index (χ4v) is 3.74. The molecule has 1 aromatic carbocycles. The highest BCUT2D eigenvalue weighted by atomic mass is 16.5. The Morgan fingerprint density at radius 1 is 1.03 bits per heavy atom. The molecule has 0 saturated carbocycles. The standard InChI is InChI=1S/C25H23N7O2/c1-2-23(33)29-18-8-9-26-21(14-18)20-5-3-4-17-15-28-25(31-24(17)20)30-19-6-7-22(27-16-19)32-10-12-34-13-11-32/h2-9,14-16H,1,10-13H2,(H,26,29,33)(H,28,30,31). The Hall–Kier alpha value is -4.37. The molecule has 34 heavy (non-hydrogen) atoms. The zero-order chi connectivity index (χ0) is 23.3. The van der Waals surface area contributed by atoms with Crippen LogP contribution in [-0.4, -0.2) is 52.1 Å². The Labute approximate surface area is 196 Å². The summed E-state index contributed by atoms with van der Waals surface area (Å²) in [4.78, 5) is 32.1. The Morgan fingerprint density at radius 2 is 1.91 bits per heavy atom. The largest absolute Gasteiger partial charge is 0.378 e. The maximum Gasteiger partial charge on any atom is 0.247 e. The third kappa shape index (κ3) is 4.69. The smallest absolute Gasteiger partial charge is 0.247 e. The van der Waals surface area contributed by atoms with Gasteiger partial charge in [0.2, 0.25) is 11.9 Å². The van der Waals surface area contributed by atoms with E-state index in [9.17, 15) is 4.79 Å². The number of pyridine rings is 2. The Morgan fingerprint density at radius 3 is 2.71 bits per heavy atom. The highest BCUT2D eigenvalue weighted by Gasteiger charge is 2.13. The summed E-state index contributed by atoms with van der Waals surface area (Å²) in [7, 11) is 0. The summed E-state index contributed by atoms with van der Waals surface area (Å²) in [5, 5.41) is 6.88. The molecule has 0 radical (unpaired) electrons. The van der Waals surface area contributed by atoms with Gasteiger partial charge in [0.25, 0.3) is 0 Å². The van der Waals surface area contributed by atoms with Gasteiger partial charge < -0.3 is 20.3 Å². The van der Waals surface area contributed by atoms with Gasteiger partial charge in [0.1, 0.15) is 5.82 Å². The molecule has 0 unspecified atom stereocenters. The lowest BCUT2D eigenvalue weighted by Gasteiger charge is -2.27. The topological polar surface area (TPSA) is 105 Å². The van der Waals surface area contributed by atoms with Gasteiger partial charge in [0, 0.05) is 42.1 Å². The number of fused-ring (bicyclic) bond motifs is 1. The van der Waals surface area contributed by atoms with Gasteiger partial charge in [-0.25, -0.2) is 15.0 Å². The van der Waals surface area contributed by atoms with Gasteiger partial charge in [-0.2, -0.15) is 0 Å². The molecule has 0 spiro atoms. The van der Waals surface area contributed by atoms with Crippen LogP contribution in [0.25, 0.3) is 22.2 Å². The van der Waals surface area contributed by atoms with Crippen molar-refractivity contribution < 1.29 is 9.53 Å². The summed E-state index contributed by atoms with van der Waals surface area (Å²) in [6, 6.07) is 13.3. The monoisotopic (exact) mass is 453 g/mol. The van der Waals surface area contributed by atoms with Crippen LogP contribution >= 0.6 is 0 Å². The van der Waals surface area contributed by atoms with Crippen molar-refractivity contribution in [1.82, 2.24) is 19.9 Å². The first-order chi connectivity index (χ1) is 16.7. The van der Waals surface area contributed by atoms with Crippen LogP contribution in [0.4, 0.5) is 23.1 Å². The molecule has 5 rings (SSSR count). The fraction of sp³-hybridized carbons (Fsp3) is 0.160.